The molecule has 1 aliphatic carbocycles. The monoisotopic (exact) mass is 296 g/mol. The van der Waals surface area contributed by atoms with Crippen molar-refractivity contribution in [3.63, 3.8) is 0 Å². The van der Waals surface area contributed by atoms with Gasteiger partial charge in [0.25, 0.3) is 0 Å². The van der Waals surface area contributed by atoms with Gasteiger partial charge in [0.15, 0.2) is 5.78 Å². The maximum absolute atomic E-state index is 12.9. The predicted octanol–water partition coefficient (Wildman–Crippen LogP) is 2.18. The maximum atomic E-state index is 12.9. The molecule has 4 fully saturated rings. The molecule has 5 nitrogen and oxygen atoms in total. The number of aromatic nitrogens is 3. The zero-order chi connectivity index (χ0) is 14.7. The van der Waals surface area contributed by atoms with Gasteiger partial charge in [-0.15, -0.1) is 0 Å². The molecule has 2 aromatic heterocycles. The summed E-state index contributed by atoms with van der Waals surface area (Å²) in [5.41, 5.74) is 1.94. The third-order valence-corrected chi connectivity index (χ3v) is 6.20. The number of Topliss-reactive ketones (excluding diaryl/α,β-unsaturated/α-hetero) is 1. The van der Waals surface area contributed by atoms with E-state index in [1.165, 1.54) is 38.8 Å². The molecule has 5 heterocycles. The highest BCUT2D eigenvalue weighted by atomic mass is 16.1. The summed E-state index contributed by atoms with van der Waals surface area (Å²) in [6.07, 6.45) is 9.19. The number of rotatable bonds is 3. The van der Waals surface area contributed by atoms with Crippen LogP contribution in [0.1, 0.15) is 42.5 Å². The van der Waals surface area contributed by atoms with Crippen LogP contribution in [-0.4, -0.2) is 44.1 Å². The standard InChI is InChI=1S/C17H20N4O/c22-16(13-11-19-21-15(13)2-1-7-18-21)10-14-12-3-8-20(9-4-12)17(14)5-6-17/h1-2,7,11-12,14H,3-6,8-10H2/t14-/m1/s1. The highest BCUT2D eigenvalue weighted by Crippen LogP contribution is 2.58. The summed E-state index contributed by atoms with van der Waals surface area (Å²) in [5.74, 6) is 1.54. The zero-order valence-electron chi connectivity index (χ0n) is 12.6. The number of hydrogen-bond acceptors (Lipinski definition) is 4. The maximum Gasteiger partial charge on any atom is 0.167 e. The first-order valence-corrected chi connectivity index (χ1v) is 8.35. The van der Waals surface area contributed by atoms with E-state index in [1.54, 1.807) is 17.0 Å². The van der Waals surface area contributed by atoms with Crippen molar-refractivity contribution in [3.05, 3.63) is 30.1 Å². The number of piperidine rings is 3. The second-order valence-corrected chi connectivity index (χ2v) is 7.12. The number of hydrogen-bond donors (Lipinski definition) is 0. The van der Waals surface area contributed by atoms with Crippen molar-refractivity contribution in [1.82, 2.24) is 19.7 Å². The lowest BCUT2D eigenvalue weighted by Gasteiger charge is -2.52. The minimum Gasteiger partial charge on any atom is -0.297 e. The fraction of sp³-hybridized carbons (Fsp3) is 0.588. The highest BCUT2D eigenvalue weighted by Gasteiger charge is 2.60. The van der Waals surface area contributed by atoms with Gasteiger partial charge in [-0.3, -0.25) is 9.69 Å². The molecule has 6 rings (SSSR count). The minimum atomic E-state index is 0.244. The van der Waals surface area contributed by atoms with Crippen LogP contribution in [0.25, 0.3) is 5.52 Å². The molecule has 1 saturated carbocycles. The van der Waals surface area contributed by atoms with Gasteiger partial charge in [0, 0.05) is 18.2 Å². The molecular weight excluding hydrogens is 276 g/mol. The van der Waals surface area contributed by atoms with E-state index in [-0.39, 0.29) is 5.78 Å². The molecule has 0 amide bonds. The largest absolute Gasteiger partial charge is 0.297 e. The Labute approximate surface area is 129 Å². The molecule has 0 radical (unpaired) electrons. The fourth-order valence-electron chi connectivity index (χ4n) is 4.95. The Hall–Kier alpha value is -1.75. The molecule has 114 valence electrons. The van der Waals surface area contributed by atoms with Crippen LogP contribution >= 0.6 is 0 Å². The van der Waals surface area contributed by atoms with E-state index in [0.29, 0.717) is 17.9 Å². The van der Waals surface area contributed by atoms with Gasteiger partial charge in [-0.05, 0) is 62.7 Å². The smallest absolute Gasteiger partial charge is 0.167 e. The molecule has 0 unspecified atom stereocenters. The first-order chi connectivity index (χ1) is 10.8. The van der Waals surface area contributed by atoms with E-state index in [1.807, 2.05) is 12.1 Å². The van der Waals surface area contributed by atoms with Crippen molar-refractivity contribution in [3.8, 4) is 0 Å². The van der Waals surface area contributed by atoms with Gasteiger partial charge in [0.05, 0.1) is 17.3 Å². The van der Waals surface area contributed by atoms with Crippen LogP contribution in [0.3, 0.4) is 0 Å². The Morgan fingerprint density at radius 2 is 2.09 bits per heavy atom. The Morgan fingerprint density at radius 1 is 1.27 bits per heavy atom. The molecule has 2 aromatic rings. The first kappa shape index (κ1) is 12.8. The van der Waals surface area contributed by atoms with Crippen LogP contribution in [0.4, 0.5) is 0 Å². The Bertz CT molecular complexity index is 740. The molecule has 5 heteroatoms. The molecule has 3 saturated heterocycles. The quantitative estimate of drug-likeness (QED) is 0.815. The van der Waals surface area contributed by atoms with Gasteiger partial charge in [-0.25, -0.2) is 0 Å². The molecule has 1 spiro atoms. The summed E-state index contributed by atoms with van der Waals surface area (Å²) < 4.78 is 1.55. The molecule has 0 aromatic carbocycles. The fourth-order valence-corrected chi connectivity index (χ4v) is 4.95. The van der Waals surface area contributed by atoms with E-state index < -0.39 is 0 Å². The van der Waals surface area contributed by atoms with Crippen LogP contribution < -0.4 is 0 Å². The predicted molar refractivity (Wildman–Crippen MR) is 81.7 cm³/mol. The van der Waals surface area contributed by atoms with E-state index in [4.69, 9.17) is 0 Å². The summed E-state index contributed by atoms with van der Waals surface area (Å²) in [6, 6.07) is 3.79. The number of nitrogens with zero attached hydrogens (tertiary/aromatic N) is 4. The molecule has 0 N–H and O–H groups in total. The number of carbonyl (C=O) groups excluding carboxylic acids is 1. The van der Waals surface area contributed by atoms with Crippen LogP contribution in [0.5, 0.6) is 0 Å². The van der Waals surface area contributed by atoms with E-state index in [0.717, 1.165) is 17.0 Å². The van der Waals surface area contributed by atoms with Crippen molar-refractivity contribution in [1.29, 1.82) is 0 Å². The van der Waals surface area contributed by atoms with Gasteiger partial charge in [0.2, 0.25) is 0 Å². The lowest BCUT2D eigenvalue weighted by Crippen LogP contribution is -2.57. The average molecular weight is 296 g/mol. The van der Waals surface area contributed by atoms with E-state index in [2.05, 4.69) is 15.1 Å². The SMILES string of the molecule is O=C(C[C@@H]1C2CCN(CC2)C12CC2)c1cnn2ncccc12. The van der Waals surface area contributed by atoms with Crippen LogP contribution in [0.15, 0.2) is 24.5 Å². The minimum absolute atomic E-state index is 0.244. The van der Waals surface area contributed by atoms with Crippen molar-refractivity contribution in [2.45, 2.75) is 37.6 Å². The third kappa shape index (κ3) is 1.66. The summed E-state index contributed by atoms with van der Waals surface area (Å²) in [5, 5.41) is 8.36. The molecule has 2 bridgehead atoms. The van der Waals surface area contributed by atoms with Gasteiger partial charge in [0.1, 0.15) is 0 Å². The summed E-state index contributed by atoms with van der Waals surface area (Å²) in [7, 11) is 0. The van der Waals surface area contributed by atoms with Crippen LogP contribution in [0.2, 0.25) is 0 Å². The Morgan fingerprint density at radius 3 is 2.86 bits per heavy atom. The summed E-state index contributed by atoms with van der Waals surface area (Å²) in [6.45, 7) is 2.49. The second-order valence-electron chi connectivity index (χ2n) is 7.12. The number of fused-ring (bicyclic) bond motifs is 3. The van der Waals surface area contributed by atoms with Crippen LogP contribution in [0, 0.1) is 11.8 Å². The molecular formula is C17H20N4O. The van der Waals surface area contributed by atoms with Crippen molar-refractivity contribution >= 4 is 11.3 Å². The third-order valence-electron chi connectivity index (χ3n) is 6.20. The zero-order valence-corrected chi connectivity index (χ0v) is 12.6. The second kappa shape index (κ2) is 4.38. The lowest BCUT2D eigenvalue weighted by molar-refractivity contribution is -0.0273. The van der Waals surface area contributed by atoms with E-state index in [9.17, 15) is 4.79 Å². The Kier molecular flexibility index (Phi) is 2.54. The first-order valence-electron chi connectivity index (χ1n) is 8.35. The normalized spacial score (nSPS) is 31.7. The van der Waals surface area contributed by atoms with Crippen LogP contribution in [-0.2, 0) is 0 Å². The average Bonchev–Trinajstić information content (AvgIpc) is 3.21. The van der Waals surface area contributed by atoms with Gasteiger partial charge >= 0.3 is 0 Å². The van der Waals surface area contributed by atoms with E-state index >= 15 is 0 Å². The lowest BCUT2D eigenvalue weighted by atomic mass is 9.69. The summed E-state index contributed by atoms with van der Waals surface area (Å²) >= 11 is 0. The van der Waals surface area contributed by atoms with Crippen molar-refractivity contribution in [2.24, 2.45) is 11.8 Å². The van der Waals surface area contributed by atoms with Gasteiger partial charge in [-0.1, -0.05) is 0 Å². The number of ketones is 1. The molecule has 1 atom stereocenters. The molecule has 22 heavy (non-hydrogen) atoms. The molecule has 4 aliphatic rings. The van der Waals surface area contributed by atoms with Crippen molar-refractivity contribution in [2.75, 3.05) is 13.1 Å². The van der Waals surface area contributed by atoms with Gasteiger partial charge < -0.3 is 0 Å². The van der Waals surface area contributed by atoms with Crippen molar-refractivity contribution < 1.29 is 4.79 Å². The topological polar surface area (TPSA) is 50.5 Å². The Balaban J connectivity index is 1.45. The van der Waals surface area contributed by atoms with Gasteiger partial charge in [-0.2, -0.15) is 14.8 Å². The highest BCUT2D eigenvalue weighted by molar-refractivity contribution is 6.02. The summed E-state index contributed by atoms with van der Waals surface area (Å²) in [4.78, 5) is 15.5. The number of carbonyl (C=O) groups is 1. The molecule has 3 aliphatic heterocycles.